The minimum Gasteiger partial charge on any atom is -0.484 e. The molecule has 2 aliphatic rings. The molecule has 1 aromatic rings. The van der Waals surface area contributed by atoms with Crippen molar-refractivity contribution in [1.82, 2.24) is 14.8 Å². The van der Waals surface area contributed by atoms with Crippen molar-refractivity contribution in [3.8, 4) is 6.07 Å². The minimum atomic E-state index is -1.13. The van der Waals surface area contributed by atoms with Crippen LogP contribution in [-0.2, 0) is 9.53 Å². The summed E-state index contributed by atoms with van der Waals surface area (Å²) in [4.78, 5) is 29.4. The quantitative estimate of drug-likeness (QED) is 0.502. The van der Waals surface area contributed by atoms with E-state index >= 15 is 0 Å². The van der Waals surface area contributed by atoms with E-state index in [0.29, 0.717) is 11.7 Å². The molecule has 33 heavy (non-hydrogen) atoms. The van der Waals surface area contributed by atoms with Gasteiger partial charge in [-0.2, -0.15) is 10.3 Å². The minimum absolute atomic E-state index is 0.00377. The van der Waals surface area contributed by atoms with Crippen molar-refractivity contribution in [2.45, 2.75) is 51.4 Å². The maximum atomic E-state index is 13.8. The average molecular weight is 457 g/mol. The van der Waals surface area contributed by atoms with Crippen LogP contribution in [0.5, 0.6) is 0 Å². The summed E-state index contributed by atoms with van der Waals surface area (Å²) in [6, 6.07) is 5.18. The molecule has 4 atom stereocenters. The highest BCUT2D eigenvalue weighted by Crippen LogP contribution is 2.46. The number of likely N-dealkylation sites (N-methyl/N-ethyl adjacent to an activating group) is 1. The molecule has 0 unspecified atom stereocenters. The molecule has 0 radical (unpaired) electrons. The Morgan fingerprint density at radius 1 is 1.39 bits per heavy atom. The molecular weight excluding hydrogens is 423 g/mol. The van der Waals surface area contributed by atoms with Gasteiger partial charge < -0.3 is 9.64 Å². The first-order chi connectivity index (χ1) is 15.7. The summed E-state index contributed by atoms with van der Waals surface area (Å²) in [5.41, 5.74) is 0.629. The molecule has 2 fully saturated rings. The van der Waals surface area contributed by atoms with Crippen molar-refractivity contribution >= 4 is 17.6 Å². The van der Waals surface area contributed by atoms with E-state index in [1.165, 1.54) is 4.90 Å². The Morgan fingerprint density at radius 3 is 2.70 bits per heavy atom. The Balaban J connectivity index is 1.74. The Bertz CT molecular complexity index is 942. The lowest BCUT2D eigenvalue weighted by atomic mass is 9.78. The predicted octanol–water partition coefficient (Wildman–Crippen LogP) is 2.70. The fraction of sp³-hybridized carbons (Fsp3) is 0.625. The molecule has 0 N–H and O–H groups in total. The Labute approximate surface area is 195 Å². The van der Waals surface area contributed by atoms with Gasteiger partial charge in [0.15, 0.2) is 11.7 Å². The van der Waals surface area contributed by atoms with Crippen molar-refractivity contribution in [3.05, 3.63) is 30.1 Å². The van der Waals surface area contributed by atoms with Crippen molar-refractivity contribution in [3.63, 3.8) is 0 Å². The number of hydrogen-bond acceptors (Lipinski definition) is 6. The van der Waals surface area contributed by atoms with Crippen LogP contribution in [0.2, 0.25) is 0 Å². The molecule has 9 heteroatoms. The zero-order valence-corrected chi connectivity index (χ0v) is 20.0. The lowest BCUT2D eigenvalue weighted by Crippen LogP contribution is -2.49. The molecule has 8 nitrogen and oxygen atoms in total. The molecule has 1 aliphatic carbocycles. The number of amides is 1. The summed E-state index contributed by atoms with van der Waals surface area (Å²) in [5, 5.41) is 9.27. The number of aromatic nitrogens is 1. The van der Waals surface area contributed by atoms with Crippen LogP contribution >= 0.6 is 0 Å². The maximum absolute atomic E-state index is 13.8. The van der Waals surface area contributed by atoms with Gasteiger partial charge >= 0.3 is 0 Å². The van der Waals surface area contributed by atoms with E-state index in [-0.39, 0.29) is 42.8 Å². The van der Waals surface area contributed by atoms with Gasteiger partial charge in [-0.05, 0) is 37.4 Å². The molecule has 1 amide bonds. The number of pyridine rings is 1. The third-order valence-corrected chi connectivity index (χ3v) is 7.00. The topological polar surface area (TPSA) is 94.2 Å². The summed E-state index contributed by atoms with van der Waals surface area (Å²) in [7, 11) is 5.23. The summed E-state index contributed by atoms with van der Waals surface area (Å²) in [6.07, 6.45) is 4.08. The molecule has 1 saturated carbocycles. The Kier molecular flexibility index (Phi) is 7.80. The molecule has 0 aromatic carbocycles. The Hall–Kier alpha value is -2.86. The van der Waals surface area contributed by atoms with Crippen LogP contribution in [0.15, 0.2) is 34.5 Å². The van der Waals surface area contributed by atoms with Crippen molar-refractivity contribution in [2.24, 2.45) is 21.3 Å². The smallest absolute Gasteiger partial charge is 0.237 e. The van der Waals surface area contributed by atoms with E-state index < -0.39 is 12.2 Å². The summed E-state index contributed by atoms with van der Waals surface area (Å²) >= 11 is 0. The molecule has 1 aliphatic heterocycles. The standard InChI is InChI=1S/C24H33FN6O2/c1-24(2)19(23(33-5)29-22(27-3)16-8-10-28-11-9-16)6-7-20(24)30(4)15-21(32)31-14-17(25)12-18(31)13-26/h8-11,17-20H,6-7,12,14-15H2,1-5H3/t17-,18-,19+,20+/m0/s1. The number of hydrogen-bond donors (Lipinski definition) is 0. The Morgan fingerprint density at radius 2 is 2.09 bits per heavy atom. The lowest BCUT2D eigenvalue weighted by Gasteiger charge is -2.38. The number of nitriles is 1. The first-order valence-electron chi connectivity index (χ1n) is 11.3. The second-order valence-electron chi connectivity index (χ2n) is 9.34. The van der Waals surface area contributed by atoms with Gasteiger partial charge in [0.1, 0.15) is 12.2 Å². The predicted molar refractivity (Wildman–Crippen MR) is 125 cm³/mol. The zero-order chi connectivity index (χ0) is 24.2. The maximum Gasteiger partial charge on any atom is 0.237 e. The van der Waals surface area contributed by atoms with E-state index in [2.05, 4.69) is 29.9 Å². The lowest BCUT2D eigenvalue weighted by molar-refractivity contribution is -0.133. The molecular formula is C24H33FN6O2. The highest BCUT2D eigenvalue weighted by atomic mass is 19.1. The van der Waals surface area contributed by atoms with E-state index in [1.807, 2.05) is 24.1 Å². The van der Waals surface area contributed by atoms with E-state index in [0.717, 1.165) is 18.4 Å². The fourth-order valence-electron chi connectivity index (χ4n) is 5.24. The van der Waals surface area contributed by atoms with Gasteiger partial charge in [-0.3, -0.25) is 19.7 Å². The van der Waals surface area contributed by atoms with Crippen LogP contribution < -0.4 is 0 Å². The summed E-state index contributed by atoms with van der Waals surface area (Å²) < 4.78 is 19.5. The molecule has 2 heterocycles. The molecule has 0 bridgehead atoms. The van der Waals surface area contributed by atoms with Gasteiger partial charge in [0, 0.05) is 43.4 Å². The number of nitrogens with zero attached hydrogens (tertiary/aromatic N) is 6. The van der Waals surface area contributed by atoms with Crippen molar-refractivity contribution < 1.29 is 13.9 Å². The normalized spacial score (nSPS) is 27.6. The van der Waals surface area contributed by atoms with Gasteiger partial charge in [-0.1, -0.05) is 13.8 Å². The second kappa shape index (κ2) is 10.4. The molecule has 3 rings (SSSR count). The van der Waals surface area contributed by atoms with Gasteiger partial charge in [-0.25, -0.2) is 4.39 Å². The number of carbonyl (C=O) groups is 1. The van der Waals surface area contributed by atoms with Crippen LogP contribution in [0.1, 0.15) is 38.7 Å². The number of rotatable bonds is 5. The number of ether oxygens (including phenoxy) is 1. The first-order valence-corrected chi connectivity index (χ1v) is 11.3. The average Bonchev–Trinajstić information content (AvgIpc) is 3.34. The van der Waals surface area contributed by atoms with Crippen LogP contribution in [0.4, 0.5) is 4.39 Å². The van der Waals surface area contributed by atoms with Crippen LogP contribution in [0.25, 0.3) is 0 Å². The van der Waals surface area contributed by atoms with Crippen LogP contribution in [0.3, 0.4) is 0 Å². The second-order valence-corrected chi connectivity index (χ2v) is 9.34. The number of halogens is 1. The number of carbonyl (C=O) groups excluding carboxylic acids is 1. The van der Waals surface area contributed by atoms with Crippen molar-refractivity contribution in [1.29, 1.82) is 5.26 Å². The summed E-state index contributed by atoms with van der Waals surface area (Å²) in [5.74, 6) is 1.03. The van der Waals surface area contributed by atoms with E-state index in [4.69, 9.17) is 9.73 Å². The summed E-state index contributed by atoms with van der Waals surface area (Å²) in [6.45, 7) is 4.46. The molecule has 0 spiro atoms. The highest BCUT2D eigenvalue weighted by Gasteiger charge is 2.48. The van der Waals surface area contributed by atoms with E-state index in [1.54, 1.807) is 26.6 Å². The molecule has 1 saturated heterocycles. The number of aliphatic imine (C=N–C) groups is 2. The van der Waals surface area contributed by atoms with Gasteiger partial charge in [0.05, 0.1) is 26.3 Å². The SMILES string of the molecule is CN=C(N=C(OC)[C@H]1CC[C@@H](N(C)CC(=O)N2C[C@@H](F)C[C@H]2C#N)C1(C)C)c1ccncc1. The number of alkyl halides is 1. The van der Waals surface area contributed by atoms with Gasteiger partial charge in [0.2, 0.25) is 5.91 Å². The third kappa shape index (κ3) is 5.22. The van der Waals surface area contributed by atoms with Gasteiger partial charge in [0.25, 0.3) is 0 Å². The van der Waals surface area contributed by atoms with Crippen LogP contribution in [-0.4, -0.2) is 85.0 Å². The van der Waals surface area contributed by atoms with Crippen LogP contribution in [0, 0.1) is 22.7 Å². The third-order valence-electron chi connectivity index (χ3n) is 7.00. The largest absolute Gasteiger partial charge is 0.484 e. The number of likely N-dealkylation sites (tertiary alicyclic amines) is 1. The molecule has 1 aromatic heterocycles. The zero-order valence-electron chi connectivity index (χ0n) is 20.0. The number of methoxy groups -OCH3 is 1. The van der Waals surface area contributed by atoms with Gasteiger partial charge in [-0.15, -0.1) is 0 Å². The van der Waals surface area contributed by atoms with E-state index in [9.17, 15) is 14.4 Å². The highest BCUT2D eigenvalue weighted by molar-refractivity contribution is 6.05. The fourth-order valence-corrected chi connectivity index (χ4v) is 5.24. The number of amidine groups is 1. The molecule has 178 valence electrons. The van der Waals surface area contributed by atoms with Crippen molar-refractivity contribution in [2.75, 3.05) is 34.3 Å². The monoisotopic (exact) mass is 456 g/mol. The first kappa shape index (κ1) is 24.8.